The van der Waals surface area contributed by atoms with Crippen molar-refractivity contribution in [2.24, 2.45) is 5.41 Å². The van der Waals surface area contributed by atoms with E-state index in [4.69, 9.17) is 0 Å². The average molecular weight is 235 g/mol. The molecule has 0 amide bonds. The van der Waals surface area contributed by atoms with E-state index in [0.29, 0.717) is 5.52 Å². The van der Waals surface area contributed by atoms with E-state index in [0.717, 1.165) is 12.0 Å². The van der Waals surface area contributed by atoms with Gasteiger partial charge < -0.3 is 0 Å². The second-order valence-corrected chi connectivity index (χ2v) is 5.20. The number of nitrogens with zero attached hydrogens (tertiary/aromatic N) is 3. The van der Waals surface area contributed by atoms with Gasteiger partial charge in [-0.25, -0.2) is 4.63 Å². The van der Waals surface area contributed by atoms with Crippen molar-refractivity contribution in [3.8, 4) is 0 Å². The highest BCUT2D eigenvalue weighted by Gasteiger charge is 2.22. The second-order valence-electron chi connectivity index (χ2n) is 5.20. The Morgan fingerprint density at radius 3 is 2.53 bits per heavy atom. The molecule has 0 N–H and O–H groups in total. The third kappa shape index (κ3) is 2.25. The number of rotatable bonds is 2. The molecule has 2 rings (SSSR count). The Morgan fingerprint density at radius 2 is 1.94 bits per heavy atom. The van der Waals surface area contributed by atoms with Crippen LogP contribution in [0, 0.1) is 15.5 Å². The molecule has 0 spiro atoms. The molecule has 2 aromatic rings. The minimum absolute atomic E-state index is 0.0705. The van der Waals surface area contributed by atoms with Crippen LogP contribution in [0.15, 0.2) is 16.8 Å². The van der Waals surface area contributed by atoms with E-state index in [1.165, 1.54) is 6.07 Å². The largest absolute Gasteiger partial charge is 0.300 e. The molecule has 0 atom stereocenters. The molecule has 6 heteroatoms. The zero-order chi connectivity index (χ0) is 12.6. The minimum Gasteiger partial charge on any atom is -0.258 e. The fourth-order valence-electron chi connectivity index (χ4n) is 1.77. The molecule has 1 aromatic heterocycles. The molecule has 1 aromatic carbocycles. The molecule has 0 aliphatic rings. The van der Waals surface area contributed by atoms with E-state index in [9.17, 15) is 10.1 Å². The molecule has 0 radical (unpaired) electrons. The van der Waals surface area contributed by atoms with Gasteiger partial charge in [0, 0.05) is 6.07 Å². The molecule has 0 saturated heterocycles. The molecule has 0 aliphatic carbocycles. The van der Waals surface area contributed by atoms with Crippen molar-refractivity contribution >= 4 is 16.7 Å². The fraction of sp³-hybridized carbons (Fsp3) is 0.455. The third-order valence-corrected chi connectivity index (χ3v) is 2.40. The number of benzene rings is 1. The van der Waals surface area contributed by atoms with Crippen LogP contribution < -0.4 is 0 Å². The first-order valence-corrected chi connectivity index (χ1v) is 5.27. The normalized spacial score (nSPS) is 11.9. The van der Waals surface area contributed by atoms with Crippen LogP contribution in [0.4, 0.5) is 5.69 Å². The van der Waals surface area contributed by atoms with Crippen LogP contribution in [-0.2, 0) is 6.42 Å². The van der Waals surface area contributed by atoms with Crippen molar-refractivity contribution in [1.29, 1.82) is 0 Å². The zero-order valence-electron chi connectivity index (χ0n) is 9.93. The maximum absolute atomic E-state index is 10.8. The topological polar surface area (TPSA) is 82.1 Å². The van der Waals surface area contributed by atoms with Gasteiger partial charge in [0.05, 0.1) is 4.92 Å². The van der Waals surface area contributed by atoms with Crippen molar-refractivity contribution in [3.05, 3.63) is 27.8 Å². The Bertz CT molecular complexity index is 569. The smallest absolute Gasteiger partial charge is 0.258 e. The van der Waals surface area contributed by atoms with Crippen LogP contribution in [0.1, 0.15) is 26.3 Å². The van der Waals surface area contributed by atoms with Gasteiger partial charge in [0.15, 0.2) is 0 Å². The average Bonchev–Trinajstić information content (AvgIpc) is 2.63. The fourth-order valence-corrected chi connectivity index (χ4v) is 1.77. The minimum atomic E-state index is -0.479. The lowest BCUT2D eigenvalue weighted by Crippen LogP contribution is -2.09. The lowest BCUT2D eigenvalue weighted by atomic mass is 9.87. The van der Waals surface area contributed by atoms with Crippen LogP contribution in [0.2, 0.25) is 0 Å². The summed E-state index contributed by atoms with van der Waals surface area (Å²) in [6.07, 6.45) is 0.760. The molecule has 1 heterocycles. The van der Waals surface area contributed by atoms with Crippen molar-refractivity contribution in [2.75, 3.05) is 0 Å². The van der Waals surface area contributed by atoms with Gasteiger partial charge in [-0.15, -0.1) is 0 Å². The Balaban J connectivity index is 2.57. The molecule has 90 valence electrons. The summed E-state index contributed by atoms with van der Waals surface area (Å²) in [5.41, 5.74) is 1.62. The monoisotopic (exact) mass is 235 g/mol. The second kappa shape index (κ2) is 3.80. The number of nitro benzene ring substituents is 1. The standard InChI is InChI=1S/C11H13N3O3/c1-11(2,3)6-7-4-5-8(14(15)16)10-9(7)12-17-13-10/h4-5H,6H2,1-3H3. The Hall–Kier alpha value is -1.98. The van der Waals surface area contributed by atoms with Gasteiger partial charge in [-0.1, -0.05) is 20.8 Å². The van der Waals surface area contributed by atoms with Gasteiger partial charge in [-0.3, -0.25) is 10.1 Å². The highest BCUT2D eigenvalue weighted by Crippen LogP contribution is 2.29. The molecule has 0 aliphatic heterocycles. The molecular formula is C11H13N3O3. The van der Waals surface area contributed by atoms with Crippen molar-refractivity contribution in [1.82, 2.24) is 10.3 Å². The van der Waals surface area contributed by atoms with E-state index in [1.54, 1.807) is 6.07 Å². The number of hydrogen-bond donors (Lipinski definition) is 0. The van der Waals surface area contributed by atoms with Gasteiger partial charge in [-0.2, -0.15) is 0 Å². The highest BCUT2D eigenvalue weighted by atomic mass is 16.6. The van der Waals surface area contributed by atoms with Crippen molar-refractivity contribution < 1.29 is 9.55 Å². The Kier molecular flexibility index (Phi) is 2.57. The summed E-state index contributed by atoms with van der Waals surface area (Å²) in [4.78, 5) is 10.3. The van der Waals surface area contributed by atoms with Crippen LogP contribution in [0.3, 0.4) is 0 Å². The highest BCUT2D eigenvalue weighted by molar-refractivity contribution is 5.85. The van der Waals surface area contributed by atoms with Gasteiger partial charge >= 0.3 is 5.69 Å². The number of nitro groups is 1. The number of non-ortho nitro benzene ring substituents is 1. The molecular weight excluding hydrogens is 222 g/mol. The first-order valence-electron chi connectivity index (χ1n) is 5.27. The number of hydrogen-bond acceptors (Lipinski definition) is 5. The molecule has 17 heavy (non-hydrogen) atoms. The van der Waals surface area contributed by atoms with Gasteiger partial charge in [0.1, 0.15) is 5.52 Å². The lowest BCUT2D eigenvalue weighted by molar-refractivity contribution is -0.383. The summed E-state index contributed by atoms with van der Waals surface area (Å²) in [6, 6.07) is 3.17. The van der Waals surface area contributed by atoms with E-state index in [1.807, 2.05) is 0 Å². The van der Waals surface area contributed by atoms with Gasteiger partial charge in [-0.05, 0) is 33.8 Å². The van der Waals surface area contributed by atoms with Crippen molar-refractivity contribution in [3.63, 3.8) is 0 Å². The number of aromatic nitrogens is 2. The van der Waals surface area contributed by atoms with E-state index < -0.39 is 4.92 Å². The lowest BCUT2D eigenvalue weighted by Gasteiger charge is -2.17. The molecule has 0 unspecified atom stereocenters. The first-order chi connectivity index (χ1) is 7.88. The van der Waals surface area contributed by atoms with E-state index >= 15 is 0 Å². The summed E-state index contributed by atoms with van der Waals surface area (Å²) in [6.45, 7) is 6.27. The van der Waals surface area contributed by atoms with Crippen LogP contribution in [0.25, 0.3) is 11.0 Å². The summed E-state index contributed by atoms with van der Waals surface area (Å²) < 4.78 is 4.61. The number of fused-ring (bicyclic) bond motifs is 1. The molecule has 6 nitrogen and oxygen atoms in total. The summed E-state index contributed by atoms with van der Waals surface area (Å²) >= 11 is 0. The summed E-state index contributed by atoms with van der Waals surface area (Å²) in [7, 11) is 0. The predicted molar refractivity (Wildman–Crippen MR) is 61.6 cm³/mol. The SMILES string of the molecule is CC(C)(C)Cc1ccc([N+](=O)[O-])c2nonc12. The predicted octanol–water partition coefficient (Wildman–Crippen LogP) is 2.72. The summed E-state index contributed by atoms with van der Waals surface area (Å²) in [5.74, 6) is 0. The van der Waals surface area contributed by atoms with E-state index in [-0.39, 0.29) is 16.6 Å². The van der Waals surface area contributed by atoms with Crippen LogP contribution in [-0.4, -0.2) is 15.2 Å². The Morgan fingerprint density at radius 1 is 1.29 bits per heavy atom. The maximum Gasteiger partial charge on any atom is 0.300 e. The van der Waals surface area contributed by atoms with Gasteiger partial charge in [0.2, 0.25) is 5.52 Å². The third-order valence-electron chi connectivity index (χ3n) is 2.40. The molecule has 0 fully saturated rings. The summed E-state index contributed by atoms with van der Waals surface area (Å²) in [5, 5.41) is 18.2. The van der Waals surface area contributed by atoms with Gasteiger partial charge in [0.25, 0.3) is 0 Å². The molecule has 0 bridgehead atoms. The quantitative estimate of drug-likeness (QED) is 0.590. The maximum atomic E-state index is 10.8. The van der Waals surface area contributed by atoms with Crippen LogP contribution >= 0.6 is 0 Å². The Labute approximate surface area is 97.7 Å². The zero-order valence-corrected chi connectivity index (χ0v) is 9.93. The molecule has 0 saturated carbocycles. The van der Waals surface area contributed by atoms with E-state index in [2.05, 4.69) is 35.7 Å². The first kappa shape index (κ1) is 11.5. The van der Waals surface area contributed by atoms with Crippen molar-refractivity contribution in [2.45, 2.75) is 27.2 Å². The van der Waals surface area contributed by atoms with Crippen LogP contribution in [0.5, 0.6) is 0 Å².